The Hall–Kier alpha value is -2.09. The average molecular weight is 395 g/mol. The molecule has 0 unspecified atom stereocenters. The van der Waals surface area contributed by atoms with Gasteiger partial charge < -0.3 is 19.5 Å². The van der Waals surface area contributed by atoms with E-state index in [1.165, 1.54) is 24.3 Å². The van der Waals surface area contributed by atoms with Gasteiger partial charge in [0.15, 0.2) is 0 Å². The van der Waals surface area contributed by atoms with Gasteiger partial charge in [0.2, 0.25) is 0 Å². The van der Waals surface area contributed by atoms with Crippen LogP contribution in [0.15, 0.2) is 48.5 Å². The van der Waals surface area contributed by atoms with E-state index in [-0.39, 0.29) is 5.75 Å². The minimum absolute atomic E-state index is 0.317. The number of likely N-dealkylation sites (tertiary alicyclic amines) is 1. The Morgan fingerprint density at radius 3 is 2.25 bits per heavy atom. The van der Waals surface area contributed by atoms with Gasteiger partial charge in [0.05, 0.1) is 6.61 Å². The number of benzene rings is 2. The molecule has 152 valence electrons. The molecule has 1 saturated heterocycles. The van der Waals surface area contributed by atoms with Crippen molar-refractivity contribution in [3.8, 4) is 5.75 Å². The molecule has 28 heavy (non-hydrogen) atoms. The summed E-state index contributed by atoms with van der Waals surface area (Å²) in [6.45, 7) is 3.69. The molecular weight excluding hydrogens is 371 g/mol. The van der Waals surface area contributed by atoms with E-state index in [2.05, 4.69) is 9.64 Å². The van der Waals surface area contributed by atoms with Crippen molar-refractivity contribution in [3.05, 3.63) is 65.2 Å². The van der Waals surface area contributed by atoms with Gasteiger partial charge in [-0.15, -0.1) is 13.2 Å². The summed E-state index contributed by atoms with van der Waals surface area (Å²) in [5.74, 6) is -0.317. The largest absolute Gasteiger partial charge is 0.573 e. The Balaban J connectivity index is 2.04. The zero-order valence-corrected chi connectivity index (χ0v) is 16.1. The zero-order valence-electron chi connectivity index (χ0n) is 16.1. The molecule has 0 aliphatic carbocycles. The first-order valence-electron chi connectivity index (χ1n) is 8.93. The van der Waals surface area contributed by atoms with Crippen LogP contribution in [0.1, 0.15) is 23.6 Å². The molecule has 1 aliphatic rings. The smallest absolute Gasteiger partial charge is 0.406 e. The van der Waals surface area contributed by atoms with E-state index in [0.717, 1.165) is 5.56 Å². The molecule has 1 heterocycles. The summed E-state index contributed by atoms with van der Waals surface area (Å²) < 4.78 is 46.6. The number of halogens is 3. The molecule has 0 saturated carbocycles. The number of alkyl halides is 3. The quantitative estimate of drug-likeness (QED) is 0.805. The Morgan fingerprint density at radius 1 is 1.07 bits per heavy atom. The topological polar surface area (TPSA) is 41.9 Å². The van der Waals surface area contributed by atoms with Gasteiger partial charge in [0, 0.05) is 25.6 Å². The van der Waals surface area contributed by atoms with Gasteiger partial charge in [0.25, 0.3) is 0 Å². The second-order valence-electron chi connectivity index (χ2n) is 7.65. The molecule has 1 atom stereocenters. The van der Waals surface area contributed by atoms with Crippen molar-refractivity contribution < 1.29 is 27.8 Å². The molecule has 1 N–H and O–H groups in total. The number of hydrogen-bond donors (Lipinski definition) is 1. The number of methoxy groups -OCH3 is 1. The molecule has 0 radical (unpaired) electrons. The van der Waals surface area contributed by atoms with E-state index < -0.39 is 17.4 Å². The first kappa shape index (κ1) is 20.6. The molecule has 0 spiro atoms. The fourth-order valence-electron chi connectivity index (χ4n) is 4.19. The van der Waals surface area contributed by atoms with E-state index in [1.807, 2.05) is 38.2 Å². The van der Waals surface area contributed by atoms with Crippen LogP contribution in [-0.2, 0) is 16.9 Å². The molecule has 2 aromatic carbocycles. The molecule has 3 rings (SSSR count). The van der Waals surface area contributed by atoms with Crippen molar-refractivity contribution >= 4 is 0 Å². The number of rotatable bonds is 6. The average Bonchev–Trinajstić information content (AvgIpc) is 2.59. The summed E-state index contributed by atoms with van der Waals surface area (Å²) in [4.78, 5) is 2.09. The SMILES string of the molecule is COCc1cccc([C@](O)(c2ccc(OC(F)(F)F)cc2)C2(C)CN(C)C2)c1. The number of ether oxygens (including phenoxy) is 2. The highest BCUT2D eigenvalue weighted by Gasteiger charge is 2.55. The third-order valence-corrected chi connectivity index (χ3v) is 5.27. The molecule has 0 aromatic heterocycles. The highest BCUT2D eigenvalue weighted by molar-refractivity contribution is 5.43. The van der Waals surface area contributed by atoms with Crippen molar-refractivity contribution in [2.75, 3.05) is 27.2 Å². The molecule has 1 aliphatic heterocycles. The van der Waals surface area contributed by atoms with Crippen LogP contribution in [0.5, 0.6) is 5.75 Å². The maximum atomic E-state index is 12.5. The minimum atomic E-state index is -4.75. The van der Waals surface area contributed by atoms with E-state index >= 15 is 0 Å². The van der Waals surface area contributed by atoms with Crippen molar-refractivity contribution in [1.29, 1.82) is 0 Å². The van der Waals surface area contributed by atoms with Crippen molar-refractivity contribution in [2.24, 2.45) is 5.41 Å². The van der Waals surface area contributed by atoms with Gasteiger partial charge in [-0.25, -0.2) is 0 Å². The van der Waals surface area contributed by atoms with E-state index in [0.29, 0.717) is 30.8 Å². The summed E-state index contributed by atoms with van der Waals surface area (Å²) in [5.41, 5.74) is 0.237. The third kappa shape index (κ3) is 3.87. The highest BCUT2D eigenvalue weighted by Crippen LogP contribution is 2.50. The van der Waals surface area contributed by atoms with Crippen LogP contribution >= 0.6 is 0 Å². The Bertz CT molecular complexity index is 816. The number of aliphatic hydroxyl groups is 1. The third-order valence-electron chi connectivity index (χ3n) is 5.27. The van der Waals surface area contributed by atoms with Crippen LogP contribution in [0, 0.1) is 5.41 Å². The van der Waals surface area contributed by atoms with E-state index in [1.54, 1.807) is 7.11 Å². The van der Waals surface area contributed by atoms with Gasteiger partial charge in [0.1, 0.15) is 11.4 Å². The Morgan fingerprint density at radius 2 is 1.71 bits per heavy atom. The normalized spacial score (nSPS) is 19.0. The summed E-state index contributed by atoms with van der Waals surface area (Å²) in [5, 5.41) is 11.9. The Labute approximate surface area is 162 Å². The van der Waals surface area contributed by atoms with E-state index in [4.69, 9.17) is 4.74 Å². The van der Waals surface area contributed by atoms with Crippen LogP contribution in [-0.4, -0.2) is 43.6 Å². The standard InChI is InChI=1S/C21H24F3NO3/c1-19(13-25(2)14-19)20(26,17-6-4-5-15(11-17)12-27-3)16-7-9-18(10-8-16)28-21(22,23)24/h4-11,26H,12-14H2,1-3H3/t20-/m1/s1. The maximum absolute atomic E-state index is 12.5. The molecule has 0 bridgehead atoms. The lowest BCUT2D eigenvalue weighted by atomic mass is 9.62. The summed E-state index contributed by atoms with van der Waals surface area (Å²) in [6, 6.07) is 12.9. The predicted octanol–water partition coefficient (Wildman–Crippen LogP) is 3.92. The highest BCUT2D eigenvalue weighted by atomic mass is 19.4. The van der Waals surface area contributed by atoms with Gasteiger partial charge in [-0.3, -0.25) is 0 Å². The second kappa shape index (κ2) is 7.39. The summed E-state index contributed by atoms with van der Waals surface area (Å²) in [6.07, 6.45) is -4.75. The molecule has 4 nitrogen and oxygen atoms in total. The monoisotopic (exact) mass is 395 g/mol. The fraction of sp³-hybridized carbons (Fsp3) is 0.429. The first-order valence-corrected chi connectivity index (χ1v) is 8.93. The molecule has 1 fully saturated rings. The van der Waals surface area contributed by atoms with Gasteiger partial charge in [-0.05, 0) is 35.9 Å². The van der Waals surface area contributed by atoms with Crippen molar-refractivity contribution in [1.82, 2.24) is 4.90 Å². The summed E-state index contributed by atoms with van der Waals surface area (Å²) in [7, 11) is 3.56. The maximum Gasteiger partial charge on any atom is 0.573 e. The zero-order chi connectivity index (χ0) is 20.6. The summed E-state index contributed by atoms with van der Waals surface area (Å²) >= 11 is 0. The lowest BCUT2D eigenvalue weighted by Crippen LogP contribution is -2.63. The first-order chi connectivity index (χ1) is 13.1. The van der Waals surface area contributed by atoms with Crippen molar-refractivity contribution in [3.63, 3.8) is 0 Å². The van der Waals surface area contributed by atoms with Crippen LogP contribution in [0.3, 0.4) is 0 Å². The second-order valence-corrected chi connectivity index (χ2v) is 7.65. The van der Waals surface area contributed by atoms with Crippen LogP contribution in [0.2, 0.25) is 0 Å². The molecule has 2 aromatic rings. The fourth-order valence-corrected chi connectivity index (χ4v) is 4.19. The Kier molecular flexibility index (Phi) is 5.44. The van der Waals surface area contributed by atoms with E-state index in [9.17, 15) is 18.3 Å². The number of nitrogens with zero attached hydrogens (tertiary/aromatic N) is 1. The molecular formula is C21H24F3NO3. The van der Waals surface area contributed by atoms with Gasteiger partial charge in [-0.1, -0.05) is 43.3 Å². The van der Waals surface area contributed by atoms with Gasteiger partial charge >= 0.3 is 6.36 Å². The van der Waals surface area contributed by atoms with Crippen LogP contribution in [0.4, 0.5) is 13.2 Å². The minimum Gasteiger partial charge on any atom is -0.406 e. The lowest BCUT2D eigenvalue weighted by Gasteiger charge is -2.56. The van der Waals surface area contributed by atoms with Gasteiger partial charge in [-0.2, -0.15) is 0 Å². The number of hydrogen-bond acceptors (Lipinski definition) is 4. The van der Waals surface area contributed by atoms with Crippen LogP contribution in [0.25, 0.3) is 0 Å². The van der Waals surface area contributed by atoms with Crippen LogP contribution < -0.4 is 4.74 Å². The molecule has 7 heteroatoms. The van der Waals surface area contributed by atoms with Crippen molar-refractivity contribution in [2.45, 2.75) is 25.5 Å². The predicted molar refractivity (Wildman–Crippen MR) is 98.9 cm³/mol. The molecule has 0 amide bonds. The lowest BCUT2D eigenvalue weighted by molar-refractivity contribution is -0.274.